The van der Waals surface area contributed by atoms with Crippen molar-refractivity contribution < 1.29 is 47.2 Å². The number of hydrogen-bond donors (Lipinski definition) is 1. The summed E-state index contributed by atoms with van der Waals surface area (Å²) < 4.78 is 51.9. The predicted octanol–water partition coefficient (Wildman–Crippen LogP) is 7.08. The Hall–Kier alpha value is -2.69. The van der Waals surface area contributed by atoms with Crippen LogP contribution < -0.4 is 0 Å². The Morgan fingerprint density at radius 1 is 0.956 bits per heavy atom. The first-order chi connectivity index (χ1) is 20.5. The van der Waals surface area contributed by atoms with E-state index in [2.05, 4.69) is 0 Å². The van der Waals surface area contributed by atoms with E-state index < -0.39 is 53.3 Å². The Morgan fingerprint density at radius 2 is 1.51 bits per heavy atom. The fraction of sp³-hybridized carbons (Fsp3) is 0.719. The van der Waals surface area contributed by atoms with E-state index in [1.807, 2.05) is 4.90 Å². The Morgan fingerprint density at radius 3 is 2.00 bits per heavy atom. The molecule has 0 spiro atoms. The second kappa shape index (κ2) is 14.8. The van der Waals surface area contributed by atoms with Gasteiger partial charge in [-0.1, -0.05) is 6.07 Å². The van der Waals surface area contributed by atoms with E-state index in [1.54, 1.807) is 69.2 Å². The zero-order valence-electron chi connectivity index (χ0n) is 28.5. The summed E-state index contributed by atoms with van der Waals surface area (Å²) in [7, 11) is -3.66. The van der Waals surface area contributed by atoms with Crippen molar-refractivity contribution in [1.82, 2.24) is 9.80 Å². The van der Waals surface area contributed by atoms with Crippen molar-refractivity contribution >= 4 is 25.5 Å². The van der Waals surface area contributed by atoms with Crippen molar-refractivity contribution in [3.8, 4) is 5.75 Å². The first kappa shape index (κ1) is 38.5. The van der Waals surface area contributed by atoms with Crippen molar-refractivity contribution in [1.29, 1.82) is 0 Å². The minimum absolute atomic E-state index is 0.0264. The van der Waals surface area contributed by atoms with E-state index in [4.69, 9.17) is 18.7 Å². The van der Waals surface area contributed by atoms with Crippen molar-refractivity contribution in [2.45, 2.75) is 117 Å². The molecule has 1 saturated heterocycles. The molecule has 13 heteroatoms. The van der Waals surface area contributed by atoms with Crippen LogP contribution in [-0.2, 0) is 34.6 Å². The predicted molar refractivity (Wildman–Crippen MR) is 169 cm³/mol. The van der Waals surface area contributed by atoms with Crippen LogP contribution in [0.1, 0.15) is 94.1 Å². The van der Waals surface area contributed by atoms with E-state index in [0.29, 0.717) is 5.56 Å². The third-order valence-corrected chi connectivity index (χ3v) is 10.2. The summed E-state index contributed by atoms with van der Waals surface area (Å²) >= 11 is 0. The number of benzene rings is 1. The van der Waals surface area contributed by atoms with Crippen LogP contribution in [0.25, 0.3) is 0 Å². The maximum atomic E-state index is 14.7. The Bertz CT molecular complexity index is 1220. The van der Waals surface area contributed by atoms with Crippen LogP contribution in [0.2, 0.25) is 0 Å². The molecule has 11 nitrogen and oxygen atoms in total. The topological polar surface area (TPSA) is 132 Å². The van der Waals surface area contributed by atoms with Crippen LogP contribution >= 0.6 is 7.37 Å². The van der Waals surface area contributed by atoms with Gasteiger partial charge in [0.1, 0.15) is 28.4 Å². The number of carbonyl (C=O) groups excluding carboxylic acids is 3. The molecule has 1 aromatic carbocycles. The van der Waals surface area contributed by atoms with Gasteiger partial charge >= 0.3 is 18.2 Å². The van der Waals surface area contributed by atoms with Crippen LogP contribution in [0.5, 0.6) is 5.75 Å². The lowest BCUT2D eigenvalue weighted by Crippen LogP contribution is -2.56. The lowest BCUT2D eigenvalue weighted by Gasteiger charge is -2.46. The third-order valence-electron chi connectivity index (χ3n) is 6.84. The summed E-state index contributed by atoms with van der Waals surface area (Å²) in [6.07, 6.45) is -1.12. The Balaban J connectivity index is 2.40. The van der Waals surface area contributed by atoms with Gasteiger partial charge in [0.05, 0.1) is 6.61 Å². The molecule has 0 aromatic heterocycles. The molecule has 1 heterocycles. The standard InChI is InChI=1S/C32H52FN2O9P/c1-11-41-45(40)19-18-34(21-23-14-15-24(36)20-25(23)33)22-32(45,26(37)42-29(2,3)4)16-12-13-17-35(27(38)43-30(5,6)7)28(39)44-31(8,9)10/h14-15,20,36H,11-13,16-19,21-22H2,1-10H3. The van der Waals surface area contributed by atoms with Gasteiger partial charge < -0.3 is 23.8 Å². The number of amides is 2. The fourth-order valence-corrected chi connectivity index (χ4v) is 7.99. The largest absolute Gasteiger partial charge is 0.508 e. The fourth-order valence-electron chi connectivity index (χ4n) is 4.99. The van der Waals surface area contributed by atoms with E-state index >= 15 is 0 Å². The van der Waals surface area contributed by atoms with Gasteiger partial charge in [-0.3, -0.25) is 14.3 Å². The number of ether oxygens (including phenoxy) is 3. The van der Waals surface area contributed by atoms with Crippen LogP contribution in [0.4, 0.5) is 14.0 Å². The Kier molecular flexibility index (Phi) is 12.7. The summed E-state index contributed by atoms with van der Waals surface area (Å²) in [6.45, 7) is 17.4. The molecular weight excluding hydrogens is 606 g/mol. The van der Waals surface area contributed by atoms with Gasteiger partial charge in [-0.15, -0.1) is 0 Å². The second-order valence-electron chi connectivity index (χ2n) is 14.4. The first-order valence-corrected chi connectivity index (χ1v) is 17.2. The average Bonchev–Trinajstić information content (AvgIpc) is 2.84. The van der Waals surface area contributed by atoms with E-state index in [9.17, 15) is 28.4 Å². The normalized spacial score (nSPS) is 21.2. The zero-order chi connectivity index (χ0) is 34.4. The first-order valence-electron chi connectivity index (χ1n) is 15.4. The van der Waals surface area contributed by atoms with Gasteiger partial charge in [0, 0.05) is 44.0 Å². The molecule has 2 unspecified atom stereocenters. The van der Waals surface area contributed by atoms with Crippen molar-refractivity contribution in [3.05, 3.63) is 29.6 Å². The van der Waals surface area contributed by atoms with E-state index in [1.165, 1.54) is 12.1 Å². The van der Waals surface area contributed by atoms with Crippen molar-refractivity contribution in [2.75, 3.05) is 32.4 Å². The molecule has 0 saturated carbocycles. The van der Waals surface area contributed by atoms with Crippen LogP contribution in [0.15, 0.2) is 18.2 Å². The van der Waals surface area contributed by atoms with Gasteiger partial charge in [-0.25, -0.2) is 18.9 Å². The summed E-state index contributed by atoms with van der Waals surface area (Å²) in [5.74, 6) is -1.48. The molecular formula is C32H52FN2O9P. The van der Waals surface area contributed by atoms with Gasteiger partial charge in [0.15, 0.2) is 5.16 Å². The summed E-state index contributed by atoms with van der Waals surface area (Å²) in [5.41, 5.74) is -2.30. The highest BCUT2D eigenvalue weighted by molar-refractivity contribution is 7.62. The van der Waals surface area contributed by atoms with Gasteiger partial charge in [0.2, 0.25) is 7.37 Å². The number of esters is 1. The van der Waals surface area contributed by atoms with Crippen molar-refractivity contribution in [2.24, 2.45) is 0 Å². The molecule has 1 N–H and O–H groups in total. The molecule has 0 radical (unpaired) electrons. The second-order valence-corrected chi connectivity index (χ2v) is 17.3. The highest BCUT2D eigenvalue weighted by atomic mass is 31.2. The molecule has 1 fully saturated rings. The monoisotopic (exact) mass is 658 g/mol. The average molecular weight is 659 g/mol. The van der Waals surface area contributed by atoms with Crippen molar-refractivity contribution in [3.63, 3.8) is 0 Å². The third kappa shape index (κ3) is 11.3. The number of unbranched alkanes of at least 4 members (excludes halogenated alkanes) is 1. The van der Waals surface area contributed by atoms with E-state index in [-0.39, 0.29) is 64.0 Å². The summed E-state index contributed by atoms with van der Waals surface area (Å²) in [6, 6.07) is 3.88. The number of phenolic OH excluding ortho intramolecular Hbond substituents is 1. The molecule has 0 bridgehead atoms. The van der Waals surface area contributed by atoms with Crippen LogP contribution in [-0.4, -0.2) is 87.4 Å². The van der Waals surface area contributed by atoms with Gasteiger partial charge in [0.25, 0.3) is 0 Å². The van der Waals surface area contributed by atoms with E-state index in [0.717, 1.165) is 11.0 Å². The molecule has 0 aliphatic carbocycles. The lowest BCUT2D eigenvalue weighted by atomic mass is 9.98. The number of rotatable bonds is 10. The lowest BCUT2D eigenvalue weighted by molar-refractivity contribution is -0.160. The molecule has 1 aliphatic rings. The highest BCUT2D eigenvalue weighted by Crippen LogP contribution is 2.64. The number of hydrogen-bond acceptors (Lipinski definition) is 10. The molecule has 45 heavy (non-hydrogen) atoms. The van der Waals surface area contributed by atoms with Crippen LogP contribution in [0.3, 0.4) is 0 Å². The quantitative estimate of drug-likeness (QED) is 0.120. The summed E-state index contributed by atoms with van der Waals surface area (Å²) in [5, 5.41) is 8.05. The minimum atomic E-state index is -3.66. The maximum absolute atomic E-state index is 14.7. The molecule has 1 aromatic rings. The highest BCUT2D eigenvalue weighted by Gasteiger charge is 2.59. The molecule has 2 amide bonds. The van der Waals surface area contributed by atoms with Gasteiger partial charge in [-0.05, 0) is 94.6 Å². The Labute approximate surface area is 267 Å². The number of halogens is 1. The van der Waals surface area contributed by atoms with Gasteiger partial charge in [-0.2, -0.15) is 0 Å². The minimum Gasteiger partial charge on any atom is -0.508 e. The molecule has 256 valence electrons. The number of carbonyl (C=O) groups is 3. The smallest absolute Gasteiger partial charge is 0.419 e. The van der Waals surface area contributed by atoms with Crippen LogP contribution in [0, 0.1) is 5.82 Å². The zero-order valence-corrected chi connectivity index (χ0v) is 29.4. The summed E-state index contributed by atoms with van der Waals surface area (Å²) in [4.78, 5) is 42.7. The SMILES string of the molecule is CCOP1(=O)CCN(Cc2ccc(O)cc2F)CC1(CCCCN(C(=O)OC(C)(C)C)C(=O)OC(C)(C)C)C(=O)OC(C)(C)C. The number of imide groups is 1. The molecule has 1 aliphatic heterocycles. The molecule has 2 rings (SSSR count). The maximum Gasteiger partial charge on any atom is 0.419 e. The number of nitrogens with zero attached hydrogens (tertiary/aromatic N) is 2. The number of aromatic hydroxyl groups is 1. The molecule has 2 atom stereocenters. The number of phenols is 1.